The summed E-state index contributed by atoms with van der Waals surface area (Å²) < 4.78 is 15.4. The number of nitrogens with zero attached hydrogens (tertiary/aromatic N) is 2. The van der Waals surface area contributed by atoms with Gasteiger partial charge in [-0.3, -0.25) is 4.79 Å². The van der Waals surface area contributed by atoms with Crippen LogP contribution >= 0.6 is 0 Å². The van der Waals surface area contributed by atoms with Crippen LogP contribution in [0.5, 0.6) is 11.5 Å². The molecule has 0 saturated heterocycles. The highest BCUT2D eigenvalue weighted by atomic mass is 16.5. The molecule has 0 fully saturated rings. The monoisotopic (exact) mass is 346 g/mol. The SMILES string of the molecule is COCCNC(=O)c1cc(NCc2ccc(OC)c(OC)c2)ncn1. The van der Waals surface area contributed by atoms with Crippen molar-refractivity contribution < 1.29 is 19.0 Å². The summed E-state index contributed by atoms with van der Waals surface area (Å²) in [6.45, 7) is 1.39. The molecule has 0 radical (unpaired) electrons. The standard InChI is InChI=1S/C17H22N4O4/c1-23-7-6-18-17(22)13-9-16(21-11-20-13)19-10-12-4-5-14(24-2)15(8-12)25-3/h4-5,8-9,11H,6-7,10H2,1-3H3,(H,18,22)(H,19,20,21). The van der Waals surface area contributed by atoms with Crippen LogP contribution in [0.4, 0.5) is 5.82 Å². The van der Waals surface area contributed by atoms with Crippen LogP contribution in [0.15, 0.2) is 30.6 Å². The highest BCUT2D eigenvalue weighted by Crippen LogP contribution is 2.27. The quantitative estimate of drug-likeness (QED) is 0.664. The summed E-state index contributed by atoms with van der Waals surface area (Å²) in [6, 6.07) is 7.24. The van der Waals surface area contributed by atoms with Crippen LogP contribution in [0.3, 0.4) is 0 Å². The molecule has 0 unspecified atom stereocenters. The average molecular weight is 346 g/mol. The van der Waals surface area contributed by atoms with Crippen LogP contribution in [0.2, 0.25) is 0 Å². The fourth-order valence-corrected chi connectivity index (χ4v) is 2.12. The molecule has 0 bridgehead atoms. The number of anilines is 1. The Kier molecular flexibility index (Phi) is 6.97. The van der Waals surface area contributed by atoms with Crippen molar-refractivity contribution in [2.45, 2.75) is 6.54 Å². The van der Waals surface area contributed by atoms with Crippen molar-refractivity contribution in [2.75, 3.05) is 39.8 Å². The van der Waals surface area contributed by atoms with Gasteiger partial charge in [0.15, 0.2) is 11.5 Å². The lowest BCUT2D eigenvalue weighted by atomic mass is 10.2. The molecule has 1 heterocycles. The van der Waals surface area contributed by atoms with Crippen LogP contribution in [0.1, 0.15) is 16.1 Å². The second-order valence-corrected chi connectivity index (χ2v) is 5.08. The summed E-state index contributed by atoms with van der Waals surface area (Å²) in [7, 11) is 4.76. The lowest BCUT2D eigenvalue weighted by Crippen LogP contribution is -2.27. The van der Waals surface area contributed by atoms with Crippen LogP contribution in [0.25, 0.3) is 0 Å². The number of benzene rings is 1. The topological polar surface area (TPSA) is 94.6 Å². The summed E-state index contributed by atoms with van der Waals surface area (Å²) in [4.78, 5) is 20.1. The van der Waals surface area contributed by atoms with E-state index >= 15 is 0 Å². The molecule has 0 aliphatic carbocycles. The lowest BCUT2D eigenvalue weighted by Gasteiger charge is -2.11. The molecule has 2 rings (SSSR count). The van der Waals surface area contributed by atoms with Gasteiger partial charge in [-0.15, -0.1) is 0 Å². The first kappa shape index (κ1) is 18.5. The average Bonchev–Trinajstić information content (AvgIpc) is 2.66. The maximum Gasteiger partial charge on any atom is 0.270 e. The predicted octanol–water partition coefficient (Wildman–Crippen LogP) is 1.48. The first-order valence-electron chi connectivity index (χ1n) is 7.72. The van der Waals surface area contributed by atoms with Gasteiger partial charge in [0.25, 0.3) is 5.91 Å². The summed E-state index contributed by atoms with van der Waals surface area (Å²) in [5.41, 5.74) is 1.28. The van der Waals surface area contributed by atoms with Crippen molar-refractivity contribution in [3.63, 3.8) is 0 Å². The summed E-state index contributed by atoms with van der Waals surface area (Å²) in [5.74, 6) is 1.61. The van der Waals surface area contributed by atoms with Gasteiger partial charge >= 0.3 is 0 Å². The largest absolute Gasteiger partial charge is 0.493 e. The van der Waals surface area contributed by atoms with Gasteiger partial charge in [0.1, 0.15) is 17.8 Å². The van der Waals surface area contributed by atoms with E-state index in [0.717, 1.165) is 5.56 Å². The molecular formula is C17H22N4O4. The van der Waals surface area contributed by atoms with Crippen LogP contribution in [0, 0.1) is 0 Å². The summed E-state index contributed by atoms with van der Waals surface area (Å²) >= 11 is 0. The molecule has 2 N–H and O–H groups in total. The number of aromatic nitrogens is 2. The van der Waals surface area contributed by atoms with Crippen LogP contribution in [-0.4, -0.2) is 50.4 Å². The maximum absolute atomic E-state index is 12.0. The van der Waals surface area contributed by atoms with Gasteiger partial charge in [0.2, 0.25) is 0 Å². The van der Waals surface area contributed by atoms with E-state index in [9.17, 15) is 4.79 Å². The maximum atomic E-state index is 12.0. The number of ether oxygens (including phenoxy) is 3. The molecule has 134 valence electrons. The predicted molar refractivity (Wildman–Crippen MR) is 93.1 cm³/mol. The molecule has 8 heteroatoms. The zero-order valence-corrected chi connectivity index (χ0v) is 14.5. The molecule has 25 heavy (non-hydrogen) atoms. The Balaban J connectivity index is 1.99. The molecule has 1 aromatic carbocycles. The molecule has 1 amide bonds. The third-order valence-electron chi connectivity index (χ3n) is 3.41. The Hall–Kier alpha value is -2.87. The number of hydrogen-bond donors (Lipinski definition) is 2. The minimum atomic E-state index is -0.270. The third-order valence-corrected chi connectivity index (χ3v) is 3.41. The van der Waals surface area contributed by atoms with Crippen LogP contribution < -0.4 is 20.1 Å². The second-order valence-electron chi connectivity index (χ2n) is 5.08. The van der Waals surface area contributed by atoms with Gasteiger partial charge in [0.05, 0.1) is 20.8 Å². The Morgan fingerprint density at radius 2 is 1.88 bits per heavy atom. The zero-order valence-electron chi connectivity index (χ0n) is 14.5. The van der Waals surface area contributed by atoms with Gasteiger partial charge in [-0.2, -0.15) is 0 Å². The number of methoxy groups -OCH3 is 3. The van der Waals surface area contributed by atoms with Crippen molar-refractivity contribution in [1.29, 1.82) is 0 Å². The van der Waals surface area contributed by atoms with Crippen molar-refractivity contribution in [3.05, 3.63) is 41.9 Å². The summed E-state index contributed by atoms with van der Waals surface area (Å²) in [5, 5.41) is 5.88. The molecule has 1 aromatic heterocycles. The molecule has 0 atom stereocenters. The molecule has 2 aromatic rings. The number of carbonyl (C=O) groups excluding carboxylic acids is 1. The van der Waals surface area contributed by atoms with Crippen molar-refractivity contribution in [2.24, 2.45) is 0 Å². The fourth-order valence-electron chi connectivity index (χ4n) is 2.12. The smallest absolute Gasteiger partial charge is 0.270 e. The highest BCUT2D eigenvalue weighted by molar-refractivity contribution is 5.92. The Morgan fingerprint density at radius 3 is 2.60 bits per heavy atom. The highest BCUT2D eigenvalue weighted by Gasteiger charge is 2.09. The molecule has 0 aliphatic rings. The normalized spacial score (nSPS) is 10.2. The number of carbonyl (C=O) groups is 1. The second kappa shape index (κ2) is 9.43. The zero-order chi connectivity index (χ0) is 18.1. The first-order valence-corrected chi connectivity index (χ1v) is 7.72. The van der Waals surface area contributed by atoms with E-state index in [0.29, 0.717) is 42.7 Å². The minimum Gasteiger partial charge on any atom is -0.493 e. The van der Waals surface area contributed by atoms with E-state index in [1.165, 1.54) is 6.33 Å². The number of hydrogen-bond acceptors (Lipinski definition) is 7. The summed E-state index contributed by atoms with van der Waals surface area (Å²) in [6.07, 6.45) is 1.35. The van der Waals surface area contributed by atoms with Crippen molar-refractivity contribution in [3.8, 4) is 11.5 Å². The van der Waals surface area contributed by atoms with Crippen molar-refractivity contribution in [1.82, 2.24) is 15.3 Å². The fraction of sp³-hybridized carbons (Fsp3) is 0.353. The molecule has 8 nitrogen and oxygen atoms in total. The molecule has 0 spiro atoms. The Morgan fingerprint density at radius 1 is 1.08 bits per heavy atom. The van der Waals surface area contributed by atoms with E-state index in [-0.39, 0.29) is 5.91 Å². The van der Waals surface area contributed by atoms with E-state index in [4.69, 9.17) is 14.2 Å². The first-order chi connectivity index (χ1) is 12.2. The van der Waals surface area contributed by atoms with E-state index in [1.807, 2.05) is 18.2 Å². The minimum absolute atomic E-state index is 0.270. The van der Waals surface area contributed by atoms with Gasteiger partial charge in [-0.25, -0.2) is 9.97 Å². The lowest BCUT2D eigenvalue weighted by molar-refractivity contribution is 0.0932. The molecule has 0 saturated carbocycles. The van der Waals surface area contributed by atoms with E-state index in [2.05, 4.69) is 20.6 Å². The van der Waals surface area contributed by atoms with Crippen molar-refractivity contribution >= 4 is 11.7 Å². The molecular weight excluding hydrogens is 324 g/mol. The van der Waals surface area contributed by atoms with Gasteiger partial charge in [0, 0.05) is 26.3 Å². The Bertz CT molecular complexity index is 709. The number of amides is 1. The van der Waals surface area contributed by atoms with E-state index in [1.54, 1.807) is 27.4 Å². The number of nitrogens with one attached hydrogen (secondary N) is 2. The molecule has 0 aliphatic heterocycles. The van der Waals surface area contributed by atoms with Crippen LogP contribution in [-0.2, 0) is 11.3 Å². The van der Waals surface area contributed by atoms with Gasteiger partial charge in [-0.1, -0.05) is 6.07 Å². The van der Waals surface area contributed by atoms with Gasteiger partial charge in [-0.05, 0) is 17.7 Å². The third kappa shape index (κ3) is 5.32. The van der Waals surface area contributed by atoms with Gasteiger partial charge < -0.3 is 24.8 Å². The Labute approximate surface area is 146 Å². The number of rotatable bonds is 9. The van der Waals surface area contributed by atoms with E-state index < -0.39 is 0 Å².